The van der Waals surface area contributed by atoms with Gasteiger partial charge in [-0.3, -0.25) is 9.59 Å². The van der Waals surface area contributed by atoms with Crippen LogP contribution in [-0.4, -0.2) is 36.3 Å². The molecule has 7 heteroatoms. The number of alkyl carbamates (subject to hydrolysis) is 1. The van der Waals surface area contributed by atoms with Crippen LogP contribution in [0.1, 0.15) is 52.0 Å². The summed E-state index contributed by atoms with van der Waals surface area (Å²) >= 11 is 0. The summed E-state index contributed by atoms with van der Waals surface area (Å²) in [6.45, 7) is 6.13. The van der Waals surface area contributed by atoms with Gasteiger partial charge in [-0.25, -0.2) is 4.79 Å². The fourth-order valence-corrected chi connectivity index (χ4v) is 5.24. The third kappa shape index (κ3) is 5.46. The van der Waals surface area contributed by atoms with Gasteiger partial charge in [0, 0.05) is 5.92 Å². The minimum absolute atomic E-state index is 0.0492. The van der Waals surface area contributed by atoms with Crippen molar-refractivity contribution < 1.29 is 28.6 Å². The van der Waals surface area contributed by atoms with Crippen LogP contribution in [0.15, 0.2) is 42.0 Å². The number of ether oxygens (including phenoxy) is 3. The Morgan fingerprint density at radius 1 is 1.12 bits per heavy atom. The molecule has 178 valence electrons. The Hall–Kier alpha value is -2.67. The summed E-state index contributed by atoms with van der Waals surface area (Å²) < 4.78 is 16.6. The molecule has 1 saturated heterocycles. The van der Waals surface area contributed by atoms with E-state index in [4.69, 9.17) is 14.2 Å². The number of hydrogen-bond acceptors (Lipinski definition) is 6. The highest BCUT2D eigenvalue weighted by atomic mass is 16.6. The van der Waals surface area contributed by atoms with Gasteiger partial charge in [0.05, 0.1) is 30.1 Å². The first-order valence-electron chi connectivity index (χ1n) is 11.8. The number of allylic oxidation sites excluding steroid dienone is 1. The molecule has 0 radical (unpaired) electrons. The largest absolute Gasteiger partial charge is 0.445 e. The summed E-state index contributed by atoms with van der Waals surface area (Å²) in [5.74, 6) is -2.39. The second-order valence-electron chi connectivity index (χ2n) is 10.2. The molecule has 0 bridgehead atoms. The van der Waals surface area contributed by atoms with E-state index < -0.39 is 47.4 Å². The lowest BCUT2D eigenvalue weighted by atomic mass is 9.62. The van der Waals surface area contributed by atoms with Crippen molar-refractivity contribution in [2.45, 2.75) is 64.7 Å². The van der Waals surface area contributed by atoms with Crippen molar-refractivity contribution in [1.82, 2.24) is 5.32 Å². The maximum Gasteiger partial charge on any atom is 0.407 e. The van der Waals surface area contributed by atoms with Gasteiger partial charge in [0.2, 0.25) is 0 Å². The Balaban J connectivity index is 1.56. The van der Waals surface area contributed by atoms with Crippen LogP contribution >= 0.6 is 0 Å². The standard InChI is InChI=1S/C26H33NO6/c1-26(2,3)32-15-20(27-25(30)31-14-16-9-5-4-6-10-16)19-13-17-11-7-8-12-18(17)21-22(19)24(29)33-23(21)28/h4-6,9-10,13,18-22H,7-8,11-12,14-15H2,1-3H3,(H,27,30)/t18-,19-,20-,21-,22+/m1/s1. The van der Waals surface area contributed by atoms with E-state index in [2.05, 4.69) is 11.4 Å². The predicted molar refractivity (Wildman–Crippen MR) is 121 cm³/mol. The fraction of sp³-hybridized carbons (Fsp3) is 0.577. The molecule has 1 amide bonds. The Kier molecular flexibility index (Phi) is 6.88. The average molecular weight is 456 g/mol. The van der Waals surface area contributed by atoms with Crippen molar-refractivity contribution in [2.75, 3.05) is 6.61 Å². The molecule has 7 nitrogen and oxygen atoms in total. The summed E-state index contributed by atoms with van der Waals surface area (Å²) in [6, 6.07) is 8.90. The monoisotopic (exact) mass is 455 g/mol. The summed E-state index contributed by atoms with van der Waals surface area (Å²) in [4.78, 5) is 38.1. The van der Waals surface area contributed by atoms with Crippen LogP contribution in [-0.2, 0) is 30.4 Å². The van der Waals surface area contributed by atoms with Gasteiger partial charge in [-0.2, -0.15) is 0 Å². The lowest BCUT2D eigenvalue weighted by Gasteiger charge is -2.41. The number of carbonyl (C=O) groups excluding carboxylic acids is 3. The van der Waals surface area contributed by atoms with Crippen molar-refractivity contribution in [3.63, 3.8) is 0 Å². The SMILES string of the molecule is CC(C)(C)OC[C@@H](NC(=O)OCc1ccccc1)[C@H]1C=C2CCCC[C@H]2[C@H]2C(=O)OC(=O)[C@@H]12. The van der Waals surface area contributed by atoms with Crippen LogP contribution in [0.2, 0.25) is 0 Å². The van der Waals surface area contributed by atoms with Crippen LogP contribution in [0.5, 0.6) is 0 Å². The third-order valence-corrected chi connectivity index (χ3v) is 6.77. The Bertz CT molecular complexity index is 918. The van der Waals surface area contributed by atoms with E-state index >= 15 is 0 Å². The molecule has 1 saturated carbocycles. The lowest BCUT2D eigenvalue weighted by Crippen LogP contribution is -2.51. The molecule has 1 heterocycles. The molecule has 1 aromatic rings. The molecule has 3 aliphatic rings. The smallest absolute Gasteiger partial charge is 0.407 e. The number of benzene rings is 1. The molecule has 1 aromatic carbocycles. The summed E-state index contributed by atoms with van der Waals surface area (Å²) in [5, 5.41) is 2.92. The van der Waals surface area contributed by atoms with Gasteiger partial charge in [0.25, 0.3) is 0 Å². The number of rotatable bonds is 6. The van der Waals surface area contributed by atoms with Crippen molar-refractivity contribution >= 4 is 18.0 Å². The number of fused-ring (bicyclic) bond motifs is 3. The quantitative estimate of drug-likeness (QED) is 0.394. The highest BCUT2D eigenvalue weighted by molar-refractivity contribution is 5.97. The second kappa shape index (κ2) is 9.67. The van der Waals surface area contributed by atoms with E-state index in [0.717, 1.165) is 31.2 Å². The summed E-state index contributed by atoms with van der Waals surface area (Å²) in [7, 11) is 0. The van der Waals surface area contributed by atoms with Crippen molar-refractivity contribution in [3.8, 4) is 0 Å². The van der Waals surface area contributed by atoms with Gasteiger partial charge >= 0.3 is 18.0 Å². The molecule has 33 heavy (non-hydrogen) atoms. The molecular formula is C26H33NO6. The molecule has 5 atom stereocenters. The van der Waals surface area contributed by atoms with E-state index in [1.165, 1.54) is 5.57 Å². The van der Waals surface area contributed by atoms with Gasteiger partial charge in [0.15, 0.2) is 0 Å². The molecular weight excluding hydrogens is 422 g/mol. The zero-order chi connectivity index (χ0) is 23.6. The Morgan fingerprint density at radius 2 is 1.85 bits per heavy atom. The molecule has 0 spiro atoms. The minimum atomic E-state index is -0.618. The fourth-order valence-electron chi connectivity index (χ4n) is 5.24. The van der Waals surface area contributed by atoms with Crippen molar-refractivity contribution in [1.29, 1.82) is 0 Å². The molecule has 2 fully saturated rings. The number of amides is 1. The third-order valence-electron chi connectivity index (χ3n) is 6.77. The summed E-state index contributed by atoms with van der Waals surface area (Å²) in [5.41, 5.74) is 1.64. The highest BCUT2D eigenvalue weighted by Crippen LogP contribution is 2.49. The zero-order valence-corrected chi connectivity index (χ0v) is 19.5. The lowest BCUT2D eigenvalue weighted by molar-refractivity contribution is -0.154. The van der Waals surface area contributed by atoms with Crippen LogP contribution in [0.3, 0.4) is 0 Å². The normalized spacial score (nSPS) is 27.7. The average Bonchev–Trinajstić information content (AvgIpc) is 3.09. The van der Waals surface area contributed by atoms with E-state index in [-0.39, 0.29) is 19.1 Å². The van der Waals surface area contributed by atoms with Crippen LogP contribution in [0.4, 0.5) is 4.79 Å². The first-order valence-corrected chi connectivity index (χ1v) is 11.8. The maximum atomic E-state index is 12.7. The number of carbonyl (C=O) groups is 3. The van der Waals surface area contributed by atoms with E-state index in [9.17, 15) is 14.4 Å². The first-order chi connectivity index (χ1) is 15.7. The van der Waals surface area contributed by atoms with Gasteiger partial charge in [0.1, 0.15) is 6.61 Å². The maximum absolute atomic E-state index is 12.7. The number of hydrogen-bond donors (Lipinski definition) is 1. The molecule has 1 N–H and O–H groups in total. The zero-order valence-electron chi connectivity index (χ0n) is 19.5. The summed E-state index contributed by atoms with van der Waals surface area (Å²) in [6.07, 6.45) is 5.40. The van der Waals surface area contributed by atoms with E-state index in [1.807, 2.05) is 51.1 Å². The molecule has 0 unspecified atom stereocenters. The van der Waals surface area contributed by atoms with E-state index in [1.54, 1.807) is 0 Å². The molecule has 4 rings (SSSR count). The Labute approximate surface area is 194 Å². The van der Waals surface area contributed by atoms with Crippen LogP contribution in [0, 0.1) is 23.7 Å². The van der Waals surface area contributed by atoms with Gasteiger partial charge in [-0.1, -0.05) is 48.4 Å². The van der Waals surface area contributed by atoms with Gasteiger partial charge in [-0.15, -0.1) is 0 Å². The number of nitrogens with one attached hydrogen (secondary N) is 1. The molecule has 0 aromatic heterocycles. The predicted octanol–water partition coefficient (Wildman–Crippen LogP) is 4.16. The van der Waals surface area contributed by atoms with Crippen LogP contribution in [0.25, 0.3) is 0 Å². The van der Waals surface area contributed by atoms with E-state index in [0.29, 0.717) is 0 Å². The first kappa shape index (κ1) is 23.5. The molecule has 2 aliphatic carbocycles. The second-order valence-corrected chi connectivity index (χ2v) is 10.2. The minimum Gasteiger partial charge on any atom is -0.445 e. The van der Waals surface area contributed by atoms with Crippen LogP contribution < -0.4 is 5.32 Å². The highest BCUT2D eigenvalue weighted by Gasteiger charge is 2.56. The van der Waals surface area contributed by atoms with Gasteiger partial charge in [-0.05, 0) is 51.5 Å². The van der Waals surface area contributed by atoms with Crippen molar-refractivity contribution in [2.24, 2.45) is 23.7 Å². The van der Waals surface area contributed by atoms with Crippen molar-refractivity contribution in [3.05, 3.63) is 47.5 Å². The van der Waals surface area contributed by atoms with Gasteiger partial charge < -0.3 is 19.5 Å². The topological polar surface area (TPSA) is 90.9 Å². The molecule has 1 aliphatic heterocycles. The number of cyclic esters (lactones) is 2. The number of esters is 2. The Morgan fingerprint density at radius 3 is 2.58 bits per heavy atom.